The lowest BCUT2D eigenvalue weighted by molar-refractivity contribution is 0.166. The molecule has 1 atom stereocenters. The first kappa shape index (κ1) is 13.1. The lowest BCUT2D eigenvalue weighted by Gasteiger charge is -2.11. The third-order valence-corrected chi connectivity index (χ3v) is 2.35. The Labute approximate surface area is 94.3 Å². The van der Waals surface area contributed by atoms with Gasteiger partial charge in [0.2, 0.25) is 0 Å². The van der Waals surface area contributed by atoms with E-state index in [-0.39, 0.29) is 0 Å². The molecular formula is C12H17F2NO. The molecule has 0 aliphatic carbocycles. The standard InChI is InChI=1S/C12H17F2NO/c1-2-6-15-7-5-12(16)9-3-4-10(13)11(14)8-9/h3-4,8,12,15-16H,2,5-7H2,1H3. The molecule has 0 heterocycles. The zero-order chi connectivity index (χ0) is 12.0. The Kier molecular flexibility index (Phi) is 5.35. The minimum absolute atomic E-state index is 0.414. The second-order valence-electron chi connectivity index (χ2n) is 3.73. The van der Waals surface area contributed by atoms with E-state index in [1.165, 1.54) is 6.07 Å². The van der Waals surface area contributed by atoms with Crippen molar-refractivity contribution in [1.29, 1.82) is 0 Å². The van der Waals surface area contributed by atoms with E-state index in [2.05, 4.69) is 12.2 Å². The van der Waals surface area contributed by atoms with Crippen LogP contribution < -0.4 is 5.32 Å². The third-order valence-electron chi connectivity index (χ3n) is 2.35. The Morgan fingerprint density at radius 2 is 2.00 bits per heavy atom. The first-order valence-electron chi connectivity index (χ1n) is 5.49. The predicted molar refractivity (Wildman–Crippen MR) is 59.1 cm³/mol. The molecule has 2 N–H and O–H groups in total. The Balaban J connectivity index is 2.46. The minimum Gasteiger partial charge on any atom is -0.388 e. The number of aliphatic hydroxyl groups excluding tert-OH is 1. The SMILES string of the molecule is CCCNCCC(O)c1ccc(F)c(F)c1. The van der Waals surface area contributed by atoms with Crippen LogP contribution in [0.5, 0.6) is 0 Å². The normalized spacial score (nSPS) is 12.8. The largest absolute Gasteiger partial charge is 0.388 e. The zero-order valence-corrected chi connectivity index (χ0v) is 9.34. The highest BCUT2D eigenvalue weighted by molar-refractivity contribution is 5.19. The Bertz CT molecular complexity index is 331. The van der Waals surface area contributed by atoms with Gasteiger partial charge < -0.3 is 10.4 Å². The number of hydrogen-bond acceptors (Lipinski definition) is 2. The molecule has 0 fully saturated rings. The quantitative estimate of drug-likeness (QED) is 0.734. The molecule has 0 radical (unpaired) electrons. The molecule has 0 aliphatic rings. The first-order chi connectivity index (χ1) is 7.65. The van der Waals surface area contributed by atoms with Crippen LogP contribution in [0.15, 0.2) is 18.2 Å². The highest BCUT2D eigenvalue weighted by atomic mass is 19.2. The average Bonchev–Trinajstić information content (AvgIpc) is 2.28. The van der Waals surface area contributed by atoms with Crippen molar-refractivity contribution in [3.8, 4) is 0 Å². The molecule has 0 saturated heterocycles. The monoisotopic (exact) mass is 229 g/mol. The molecule has 1 unspecified atom stereocenters. The molecular weight excluding hydrogens is 212 g/mol. The molecule has 0 amide bonds. The van der Waals surface area contributed by atoms with Gasteiger partial charge in [-0.3, -0.25) is 0 Å². The van der Waals surface area contributed by atoms with Crippen LogP contribution in [0.1, 0.15) is 31.4 Å². The maximum absolute atomic E-state index is 12.9. The van der Waals surface area contributed by atoms with E-state index in [4.69, 9.17) is 0 Å². The van der Waals surface area contributed by atoms with E-state index in [0.29, 0.717) is 18.5 Å². The topological polar surface area (TPSA) is 32.3 Å². The van der Waals surface area contributed by atoms with Crippen molar-refractivity contribution in [1.82, 2.24) is 5.32 Å². The van der Waals surface area contributed by atoms with Crippen LogP contribution in [0.25, 0.3) is 0 Å². The van der Waals surface area contributed by atoms with Crippen LogP contribution in [0, 0.1) is 11.6 Å². The van der Waals surface area contributed by atoms with E-state index in [1.54, 1.807) is 0 Å². The van der Waals surface area contributed by atoms with Gasteiger partial charge in [0.25, 0.3) is 0 Å². The van der Waals surface area contributed by atoms with Gasteiger partial charge in [-0.15, -0.1) is 0 Å². The highest BCUT2D eigenvalue weighted by Crippen LogP contribution is 2.18. The summed E-state index contributed by atoms with van der Waals surface area (Å²) in [6.45, 7) is 3.61. The Hall–Kier alpha value is -1.00. The lowest BCUT2D eigenvalue weighted by atomic mass is 10.1. The van der Waals surface area contributed by atoms with Crippen LogP contribution in [0.2, 0.25) is 0 Å². The zero-order valence-electron chi connectivity index (χ0n) is 9.34. The van der Waals surface area contributed by atoms with Crippen molar-refractivity contribution in [2.75, 3.05) is 13.1 Å². The molecule has 0 aliphatic heterocycles. The summed E-state index contributed by atoms with van der Waals surface area (Å²) in [6, 6.07) is 3.48. The van der Waals surface area contributed by atoms with Gasteiger partial charge in [-0.05, 0) is 43.6 Å². The summed E-state index contributed by atoms with van der Waals surface area (Å²) in [4.78, 5) is 0. The number of hydrogen-bond donors (Lipinski definition) is 2. The van der Waals surface area contributed by atoms with Gasteiger partial charge in [-0.25, -0.2) is 8.78 Å². The third kappa shape index (κ3) is 3.87. The van der Waals surface area contributed by atoms with Gasteiger partial charge >= 0.3 is 0 Å². The van der Waals surface area contributed by atoms with Crippen molar-refractivity contribution < 1.29 is 13.9 Å². The number of rotatable bonds is 6. The molecule has 1 aromatic carbocycles. The number of aliphatic hydroxyl groups is 1. The van der Waals surface area contributed by atoms with Gasteiger partial charge in [0.1, 0.15) is 0 Å². The van der Waals surface area contributed by atoms with E-state index < -0.39 is 17.7 Å². The fourth-order valence-electron chi connectivity index (χ4n) is 1.43. The molecule has 0 saturated carbocycles. The molecule has 2 nitrogen and oxygen atoms in total. The maximum atomic E-state index is 12.9. The summed E-state index contributed by atoms with van der Waals surface area (Å²) < 4.78 is 25.5. The molecule has 16 heavy (non-hydrogen) atoms. The van der Waals surface area contributed by atoms with Crippen molar-refractivity contribution in [2.24, 2.45) is 0 Å². The van der Waals surface area contributed by atoms with Crippen LogP contribution in [0.4, 0.5) is 8.78 Å². The fourth-order valence-corrected chi connectivity index (χ4v) is 1.43. The summed E-state index contributed by atoms with van der Waals surface area (Å²) >= 11 is 0. The lowest BCUT2D eigenvalue weighted by Crippen LogP contribution is -2.18. The van der Waals surface area contributed by atoms with Crippen LogP contribution in [-0.4, -0.2) is 18.2 Å². The molecule has 90 valence electrons. The van der Waals surface area contributed by atoms with Gasteiger partial charge in [0.15, 0.2) is 11.6 Å². The smallest absolute Gasteiger partial charge is 0.159 e. The maximum Gasteiger partial charge on any atom is 0.159 e. The molecule has 0 aromatic heterocycles. The molecule has 0 spiro atoms. The number of nitrogens with one attached hydrogen (secondary N) is 1. The van der Waals surface area contributed by atoms with Crippen LogP contribution in [-0.2, 0) is 0 Å². The van der Waals surface area contributed by atoms with Crippen LogP contribution in [0.3, 0.4) is 0 Å². The van der Waals surface area contributed by atoms with E-state index in [0.717, 1.165) is 25.1 Å². The second-order valence-corrected chi connectivity index (χ2v) is 3.73. The van der Waals surface area contributed by atoms with Gasteiger partial charge in [0, 0.05) is 0 Å². The second kappa shape index (κ2) is 6.55. The van der Waals surface area contributed by atoms with Gasteiger partial charge in [0.05, 0.1) is 6.10 Å². The Morgan fingerprint density at radius 3 is 2.62 bits per heavy atom. The molecule has 1 rings (SSSR count). The predicted octanol–water partition coefficient (Wildman–Crippen LogP) is 2.39. The summed E-state index contributed by atoms with van der Waals surface area (Å²) in [5.41, 5.74) is 0.414. The van der Waals surface area contributed by atoms with Crippen molar-refractivity contribution in [2.45, 2.75) is 25.9 Å². The van der Waals surface area contributed by atoms with Crippen molar-refractivity contribution in [3.05, 3.63) is 35.4 Å². The number of benzene rings is 1. The first-order valence-corrected chi connectivity index (χ1v) is 5.49. The molecule has 4 heteroatoms. The molecule has 1 aromatic rings. The Morgan fingerprint density at radius 1 is 1.25 bits per heavy atom. The van der Waals surface area contributed by atoms with Crippen LogP contribution >= 0.6 is 0 Å². The summed E-state index contributed by atoms with van der Waals surface area (Å²) in [7, 11) is 0. The van der Waals surface area contributed by atoms with Crippen molar-refractivity contribution >= 4 is 0 Å². The van der Waals surface area contributed by atoms with E-state index in [9.17, 15) is 13.9 Å². The minimum atomic E-state index is -0.918. The van der Waals surface area contributed by atoms with E-state index in [1.807, 2.05) is 0 Å². The summed E-state index contributed by atoms with van der Waals surface area (Å²) in [5.74, 6) is -1.81. The van der Waals surface area contributed by atoms with Gasteiger partial charge in [-0.1, -0.05) is 13.0 Å². The highest BCUT2D eigenvalue weighted by Gasteiger charge is 2.10. The average molecular weight is 229 g/mol. The van der Waals surface area contributed by atoms with E-state index >= 15 is 0 Å². The van der Waals surface area contributed by atoms with Gasteiger partial charge in [-0.2, -0.15) is 0 Å². The molecule has 0 bridgehead atoms. The summed E-state index contributed by atoms with van der Waals surface area (Å²) in [5, 5.41) is 12.8. The number of halogens is 2. The fraction of sp³-hybridized carbons (Fsp3) is 0.500. The van der Waals surface area contributed by atoms with Crippen molar-refractivity contribution in [3.63, 3.8) is 0 Å². The summed E-state index contributed by atoms with van der Waals surface area (Å²) in [6.07, 6.45) is 0.770.